The lowest BCUT2D eigenvalue weighted by molar-refractivity contribution is 0.192. The van der Waals surface area contributed by atoms with E-state index in [2.05, 4.69) is 0 Å². The molecule has 2 nitrogen and oxygen atoms in total. The number of hydrogen-bond donors (Lipinski definition) is 1. The zero-order valence-electron chi connectivity index (χ0n) is 9.81. The van der Waals surface area contributed by atoms with E-state index in [0.717, 1.165) is 5.39 Å². The SMILES string of the molecule is OC(c1cc2ccccc2o1)c1ccc(F)cc1Cl. The monoisotopic (exact) mass is 276 g/mol. The molecule has 3 rings (SSSR count). The largest absolute Gasteiger partial charge is 0.458 e. The van der Waals surface area contributed by atoms with Crippen LogP contribution in [0.3, 0.4) is 0 Å². The van der Waals surface area contributed by atoms with E-state index < -0.39 is 11.9 Å². The molecule has 3 aromatic rings. The highest BCUT2D eigenvalue weighted by Crippen LogP contribution is 2.32. The highest BCUT2D eigenvalue weighted by Gasteiger charge is 2.18. The Morgan fingerprint density at radius 3 is 2.63 bits per heavy atom. The number of hydrogen-bond acceptors (Lipinski definition) is 2. The van der Waals surface area contributed by atoms with E-state index in [9.17, 15) is 9.50 Å². The number of halogens is 2. The Hall–Kier alpha value is -1.84. The summed E-state index contributed by atoms with van der Waals surface area (Å²) in [5.41, 5.74) is 1.11. The van der Waals surface area contributed by atoms with Crippen molar-refractivity contribution in [2.45, 2.75) is 6.10 Å². The Bertz CT molecular complexity index is 703. The van der Waals surface area contributed by atoms with Crippen LogP contribution in [0.15, 0.2) is 52.9 Å². The summed E-state index contributed by atoms with van der Waals surface area (Å²) in [6, 6.07) is 13.1. The number of para-hydroxylation sites is 1. The second-order valence-corrected chi connectivity index (χ2v) is 4.66. The fourth-order valence-electron chi connectivity index (χ4n) is 2.01. The Labute approximate surface area is 114 Å². The van der Waals surface area contributed by atoms with Gasteiger partial charge in [0.05, 0.1) is 0 Å². The Morgan fingerprint density at radius 2 is 1.89 bits per heavy atom. The molecule has 0 spiro atoms. The molecule has 0 bridgehead atoms. The predicted molar refractivity (Wildman–Crippen MR) is 71.7 cm³/mol. The minimum Gasteiger partial charge on any atom is -0.458 e. The molecular weight excluding hydrogens is 267 g/mol. The third-order valence-electron chi connectivity index (χ3n) is 2.97. The summed E-state index contributed by atoms with van der Waals surface area (Å²) in [4.78, 5) is 0. The molecule has 0 fully saturated rings. The fraction of sp³-hybridized carbons (Fsp3) is 0.0667. The summed E-state index contributed by atoms with van der Waals surface area (Å²) >= 11 is 5.93. The van der Waals surface area contributed by atoms with Crippen LogP contribution in [0.2, 0.25) is 5.02 Å². The van der Waals surface area contributed by atoms with Gasteiger partial charge in [0.1, 0.15) is 23.3 Å². The molecule has 19 heavy (non-hydrogen) atoms. The smallest absolute Gasteiger partial charge is 0.138 e. The first-order valence-electron chi connectivity index (χ1n) is 5.76. The molecule has 0 aliphatic heterocycles. The highest BCUT2D eigenvalue weighted by molar-refractivity contribution is 6.31. The van der Waals surface area contributed by atoms with Crippen molar-refractivity contribution in [3.63, 3.8) is 0 Å². The maximum atomic E-state index is 13.0. The van der Waals surface area contributed by atoms with Crippen LogP contribution in [0.5, 0.6) is 0 Å². The van der Waals surface area contributed by atoms with E-state index in [-0.39, 0.29) is 5.02 Å². The van der Waals surface area contributed by atoms with Gasteiger partial charge in [-0.15, -0.1) is 0 Å². The zero-order chi connectivity index (χ0) is 13.4. The summed E-state index contributed by atoms with van der Waals surface area (Å²) in [7, 11) is 0. The molecule has 0 saturated heterocycles. The quantitative estimate of drug-likeness (QED) is 0.757. The third kappa shape index (κ3) is 2.23. The van der Waals surface area contributed by atoms with Gasteiger partial charge in [-0.05, 0) is 24.3 Å². The number of rotatable bonds is 2. The number of aliphatic hydroxyl groups excluding tert-OH is 1. The van der Waals surface area contributed by atoms with Crippen LogP contribution in [0.4, 0.5) is 4.39 Å². The summed E-state index contributed by atoms with van der Waals surface area (Å²) < 4.78 is 18.6. The van der Waals surface area contributed by atoms with Crippen molar-refractivity contribution in [3.8, 4) is 0 Å². The zero-order valence-corrected chi connectivity index (χ0v) is 10.6. The Balaban J connectivity index is 2.05. The van der Waals surface area contributed by atoms with E-state index >= 15 is 0 Å². The average Bonchev–Trinajstić information content (AvgIpc) is 2.81. The molecule has 0 saturated carbocycles. The van der Waals surface area contributed by atoms with Gasteiger partial charge >= 0.3 is 0 Å². The first-order valence-corrected chi connectivity index (χ1v) is 6.14. The van der Waals surface area contributed by atoms with Crippen LogP contribution < -0.4 is 0 Å². The van der Waals surface area contributed by atoms with E-state index in [1.165, 1.54) is 18.2 Å². The second-order valence-electron chi connectivity index (χ2n) is 4.25. The van der Waals surface area contributed by atoms with Gasteiger partial charge in [-0.25, -0.2) is 4.39 Å². The first kappa shape index (κ1) is 12.2. The molecule has 2 aromatic carbocycles. The predicted octanol–water partition coefficient (Wildman–Crippen LogP) is 4.31. The van der Waals surface area contributed by atoms with Gasteiger partial charge in [0.25, 0.3) is 0 Å². The van der Waals surface area contributed by atoms with Crippen LogP contribution in [0.1, 0.15) is 17.4 Å². The van der Waals surface area contributed by atoms with Crippen LogP contribution in [-0.2, 0) is 0 Å². The first-order chi connectivity index (χ1) is 9.15. The van der Waals surface area contributed by atoms with E-state index in [4.69, 9.17) is 16.0 Å². The maximum Gasteiger partial charge on any atom is 0.138 e. The van der Waals surface area contributed by atoms with Crippen LogP contribution >= 0.6 is 11.6 Å². The number of fused-ring (bicyclic) bond motifs is 1. The molecule has 1 heterocycles. The summed E-state index contributed by atoms with van der Waals surface area (Å²) in [6.07, 6.45) is -1.01. The van der Waals surface area contributed by atoms with E-state index in [0.29, 0.717) is 16.9 Å². The number of aliphatic hydroxyl groups is 1. The minimum atomic E-state index is -1.01. The standard InChI is InChI=1S/C15H10ClFO2/c16-12-8-10(17)5-6-11(12)15(18)14-7-9-3-1-2-4-13(9)19-14/h1-8,15,18H. The lowest BCUT2D eigenvalue weighted by Crippen LogP contribution is -1.99. The van der Waals surface area contributed by atoms with E-state index in [1.54, 1.807) is 6.07 Å². The van der Waals surface area contributed by atoms with Gasteiger partial charge in [-0.3, -0.25) is 0 Å². The molecule has 1 atom stereocenters. The van der Waals surface area contributed by atoms with Crippen molar-refractivity contribution in [1.82, 2.24) is 0 Å². The van der Waals surface area contributed by atoms with Crippen LogP contribution in [0, 0.1) is 5.82 Å². The third-order valence-corrected chi connectivity index (χ3v) is 3.30. The van der Waals surface area contributed by atoms with Crippen molar-refractivity contribution in [2.24, 2.45) is 0 Å². The van der Waals surface area contributed by atoms with Crippen molar-refractivity contribution < 1.29 is 13.9 Å². The average molecular weight is 277 g/mol. The molecule has 0 aliphatic carbocycles. The van der Waals surface area contributed by atoms with Gasteiger partial charge < -0.3 is 9.52 Å². The lowest BCUT2D eigenvalue weighted by atomic mass is 10.1. The summed E-state index contributed by atoms with van der Waals surface area (Å²) in [6.45, 7) is 0. The van der Waals surface area contributed by atoms with Crippen molar-refractivity contribution in [2.75, 3.05) is 0 Å². The molecule has 0 amide bonds. The Morgan fingerprint density at radius 1 is 1.11 bits per heavy atom. The van der Waals surface area contributed by atoms with Crippen LogP contribution in [0.25, 0.3) is 11.0 Å². The minimum absolute atomic E-state index is 0.174. The van der Waals surface area contributed by atoms with Gasteiger partial charge in [0, 0.05) is 16.0 Å². The molecule has 96 valence electrons. The van der Waals surface area contributed by atoms with Crippen molar-refractivity contribution in [1.29, 1.82) is 0 Å². The van der Waals surface area contributed by atoms with Crippen LogP contribution in [-0.4, -0.2) is 5.11 Å². The molecule has 0 aliphatic rings. The number of benzene rings is 2. The highest BCUT2D eigenvalue weighted by atomic mass is 35.5. The summed E-state index contributed by atoms with van der Waals surface area (Å²) in [5.74, 6) is -0.0553. The van der Waals surface area contributed by atoms with Gasteiger partial charge in [-0.2, -0.15) is 0 Å². The lowest BCUT2D eigenvalue weighted by Gasteiger charge is -2.09. The Kier molecular flexibility index (Phi) is 3.01. The van der Waals surface area contributed by atoms with Crippen molar-refractivity contribution in [3.05, 3.63) is 70.7 Å². The maximum absolute atomic E-state index is 13.0. The molecule has 1 aromatic heterocycles. The molecule has 4 heteroatoms. The number of furan rings is 1. The fourth-order valence-corrected chi connectivity index (χ4v) is 2.28. The normalized spacial score (nSPS) is 12.8. The second kappa shape index (κ2) is 4.68. The van der Waals surface area contributed by atoms with Gasteiger partial charge in [0.15, 0.2) is 0 Å². The topological polar surface area (TPSA) is 33.4 Å². The molecular formula is C15H10ClFO2. The summed E-state index contributed by atoms with van der Waals surface area (Å²) in [5, 5.41) is 11.3. The molecule has 0 radical (unpaired) electrons. The molecule has 1 unspecified atom stereocenters. The van der Waals surface area contributed by atoms with E-state index in [1.807, 2.05) is 24.3 Å². The van der Waals surface area contributed by atoms with Gasteiger partial charge in [-0.1, -0.05) is 35.9 Å². The van der Waals surface area contributed by atoms with Gasteiger partial charge in [0.2, 0.25) is 0 Å². The molecule has 1 N–H and O–H groups in total. The van der Waals surface area contributed by atoms with Crippen molar-refractivity contribution >= 4 is 22.6 Å².